The molecule has 0 fully saturated rings. The Kier molecular flexibility index (Phi) is 3.64. The quantitative estimate of drug-likeness (QED) is 0.824. The summed E-state index contributed by atoms with van der Waals surface area (Å²) in [4.78, 5) is 4.32. The van der Waals surface area contributed by atoms with E-state index in [1.54, 1.807) is 11.8 Å². The molecule has 3 nitrogen and oxygen atoms in total. The van der Waals surface area contributed by atoms with Crippen LogP contribution in [0.3, 0.4) is 0 Å². The Labute approximate surface area is 99.7 Å². The number of aromatic nitrogens is 2. The molecule has 0 aliphatic heterocycles. The van der Waals surface area contributed by atoms with Crippen molar-refractivity contribution in [1.82, 2.24) is 9.55 Å². The van der Waals surface area contributed by atoms with E-state index in [1.165, 1.54) is 5.56 Å². The molecule has 0 spiro atoms. The molecule has 0 radical (unpaired) electrons. The van der Waals surface area contributed by atoms with E-state index < -0.39 is 0 Å². The van der Waals surface area contributed by atoms with Crippen LogP contribution in [0.4, 0.5) is 0 Å². The molecule has 1 aromatic heterocycles. The number of thioether (sulfide) groups is 1. The first-order chi connectivity index (χ1) is 7.81. The van der Waals surface area contributed by atoms with E-state index in [1.807, 2.05) is 12.4 Å². The van der Waals surface area contributed by atoms with Crippen LogP contribution in [0.2, 0.25) is 0 Å². The molecule has 2 aromatic rings. The third-order valence-electron chi connectivity index (χ3n) is 2.27. The summed E-state index contributed by atoms with van der Waals surface area (Å²) in [7, 11) is 0. The molecule has 0 aliphatic carbocycles. The molecular formula is C12H15N3S. The Morgan fingerprint density at radius 1 is 1.31 bits per heavy atom. The summed E-state index contributed by atoms with van der Waals surface area (Å²) < 4.78 is 2.08. The lowest BCUT2D eigenvalue weighted by Crippen LogP contribution is -2.03. The first-order valence-electron chi connectivity index (χ1n) is 5.24. The van der Waals surface area contributed by atoms with Gasteiger partial charge in [0.1, 0.15) is 0 Å². The Balaban J connectivity index is 2.26. The summed E-state index contributed by atoms with van der Waals surface area (Å²) in [5.41, 5.74) is 7.90. The molecule has 0 amide bonds. The predicted octanol–water partition coefficient (Wildman–Crippen LogP) is 2.23. The van der Waals surface area contributed by atoms with Crippen molar-refractivity contribution in [3.8, 4) is 5.69 Å². The molecule has 4 heteroatoms. The lowest BCUT2D eigenvalue weighted by atomic mass is 10.2. The highest BCUT2D eigenvalue weighted by Crippen LogP contribution is 2.19. The molecule has 1 heterocycles. The van der Waals surface area contributed by atoms with Crippen LogP contribution in [0.5, 0.6) is 0 Å². The van der Waals surface area contributed by atoms with Crippen LogP contribution in [-0.2, 0) is 0 Å². The van der Waals surface area contributed by atoms with Gasteiger partial charge in [0.25, 0.3) is 0 Å². The van der Waals surface area contributed by atoms with Crippen molar-refractivity contribution in [2.24, 2.45) is 5.73 Å². The van der Waals surface area contributed by atoms with Crippen molar-refractivity contribution >= 4 is 11.8 Å². The lowest BCUT2D eigenvalue weighted by Gasteiger charge is -2.07. The maximum absolute atomic E-state index is 5.50. The van der Waals surface area contributed by atoms with Crippen molar-refractivity contribution in [2.75, 3.05) is 12.3 Å². The molecule has 0 atom stereocenters. The number of hydrogen-bond acceptors (Lipinski definition) is 3. The van der Waals surface area contributed by atoms with Gasteiger partial charge in [-0.05, 0) is 19.1 Å². The smallest absolute Gasteiger partial charge is 0.172 e. The van der Waals surface area contributed by atoms with Gasteiger partial charge >= 0.3 is 0 Å². The van der Waals surface area contributed by atoms with Gasteiger partial charge in [0, 0.05) is 30.4 Å². The third-order valence-corrected chi connectivity index (χ3v) is 3.27. The van der Waals surface area contributed by atoms with E-state index in [2.05, 4.69) is 40.7 Å². The molecule has 0 unspecified atom stereocenters. The zero-order valence-electron chi connectivity index (χ0n) is 9.26. The van der Waals surface area contributed by atoms with Crippen molar-refractivity contribution in [2.45, 2.75) is 12.1 Å². The minimum Gasteiger partial charge on any atom is -0.330 e. The van der Waals surface area contributed by atoms with Crippen LogP contribution in [0.15, 0.2) is 41.8 Å². The standard InChI is InChI=1S/C12H15N3S/c1-10-2-4-11(5-3-10)15-8-7-14-12(15)16-9-6-13/h2-5,7-8H,6,9,13H2,1H3. The normalized spacial score (nSPS) is 10.6. The maximum Gasteiger partial charge on any atom is 0.172 e. The number of benzene rings is 1. The minimum atomic E-state index is 0.672. The molecule has 0 aliphatic rings. The van der Waals surface area contributed by atoms with Crippen molar-refractivity contribution in [3.05, 3.63) is 42.2 Å². The summed E-state index contributed by atoms with van der Waals surface area (Å²) in [6.07, 6.45) is 3.79. The van der Waals surface area contributed by atoms with Gasteiger partial charge in [-0.25, -0.2) is 4.98 Å². The summed E-state index contributed by atoms with van der Waals surface area (Å²) in [5, 5.41) is 0.995. The second-order valence-corrected chi connectivity index (χ2v) is 4.61. The Morgan fingerprint density at radius 2 is 2.06 bits per heavy atom. The molecule has 84 valence electrons. The molecule has 1 aromatic carbocycles. The molecule has 0 saturated carbocycles. The Bertz CT molecular complexity index is 448. The van der Waals surface area contributed by atoms with Gasteiger partial charge in [-0.3, -0.25) is 4.57 Å². The largest absolute Gasteiger partial charge is 0.330 e. The van der Waals surface area contributed by atoms with Gasteiger partial charge < -0.3 is 5.73 Å². The monoisotopic (exact) mass is 233 g/mol. The maximum atomic E-state index is 5.50. The molecule has 2 rings (SSSR count). The average molecular weight is 233 g/mol. The number of aryl methyl sites for hydroxylation is 1. The van der Waals surface area contributed by atoms with Gasteiger partial charge in [-0.1, -0.05) is 29.5 Å². The van der Waals surface area contributed by atoms with Crippen LogP contribution in [0.25, 0.3) is 5.69 Å². The van der Waals surface area contributed by atoms with Crippen LogP contribution in [0, 0.1) is 6.92 Å². The van der Waals surface area contributed by atoms with E-state index >= 15 is 0 Å². The van der Waals surface area contributed by atoms with Crippen molar-refractivity contribution in [3.63, 3.8) is 0 Å². The zero-order chi connectivity index (χ0) is 11.4. The summed E-state index contributed by atoms with van der Waals surface area (Å²) >= 11 is 1.68. The topological polar surface area (TPSA) is 43.8 Å². The van der Waals surface area contributed by atoms with Crippen molar-refractivity contribution in [1.29, 1.82) is 0 Å². The first-order valence-corrected chi connectivity index (χ1v) is 6.23. The highest BCUT2D eigenvalue weighted by atomic mass is 32.2. The number of rotatable bonds is 4. The fourth-order valence-electron chi connectivity index (χ4n) is 1.45. The highest BCUT2D eigenvalue weighted by molar-refractivity contribution is 7.99. The fraction of sp³-hybridized carbons (Fsp3) is 0.250. The Morgan fingerprint density at radius 3 is 2.75 bits per heavy atom. The second-order valence-electron chi connectivity index (χ2n) is 3.55. The van der Waals surface area contributed by atoms with E-state index in [0.717, 1.165) is 16.6 Å². The second kappa shape index (κ2) is 5.18. The number of nitrogens with two attached hydrogens (primary N) is 1. The van der Waals surface area contributed by atoms with Crippen molar-refractivity contribution < 1.29 is 0 Å². The summed E-state index contributed by atoms with van der Waals surface area (Å²) in [6.45, 7) is 2.76. The van der Waals surface area contributed by atoms with Crippen LogP contribution >= 0.6 is 11.8 Å². The number of hydrogen-bond donors (Lipinski definition) is 1. The van der Waals surface area contributed by atoms with E-state index in [-0.39, 0.29) is 0 Å². The van der Waals surface area contributed by atoms with Gasteiger partial charge in [0.05, 0.1) is 0 Å². The van der Waals surface area contributed by atoms with Crippen LogP contribution < -0.4 is 5.73 Å². The molecule has 2 N–H and O–H groups in total. The molecule has 0 bridgehead atoms. The van der Waals surface area contributed by atoms with E-state index in [0.29, 0.717) is 6.54 Å². The van der Waals surface area contributed by atoms with Gasteiger partial charge in [0.2, 0.25) is 0 Å². The third kappa shape index (κ3) is 2.46. The van der Waals surface area contributed by atoms with Gasteiger partial charge in [-0.2, -0.15) is 0 Å². The van der Waals surface area contributed by atoms with Gasteiger partial charge in [0.15, 0.2) is 5.16 Å². The lowest BCUT2D eigenvalue weighted by molar-refractivity contribution is 0.893. The van der Waals surface area contributed by atoms with Gasteiger partial charge in [-0.15, -0.1) is 0 Å². The highest BCUT2D eigenvalue weighted by Gasteiger charge is 2.04. The first kappa shape index (κ1) is 11.2. The zero-order valence-corrected chi connectivity index (χ0v) is 10.1. The Hall–Kier alpha value is -1.26. The minimum absolute atomic E-state index is 0.672. The van der Waals surface area contributed by atoms with E-state index in [9.17, 15) is 0 Å². The predicted molar refractivity (Wildman–Crippen MR) is 68.1 cm³/mol. The molecular weight excluding hydrogens is 218 g/mol. The number of imidazole rings is 1. The number of nitrogens with zero attached hydrogens (tertiary/aromatic N) is 2. The molecule has 0 saturated heterocycles. The van der Waals surface area contributed by atoms with Crippen LogP contribution in [-0.4, -0.2) is 21.8 Å². The SMILES string of the molecule is Cc1ccc(-n2ccnc2SCCN)cc1. The fourth-order valence-corrected chi connectivity index (χ4v) is 2.19. The summed E-state index contributed by atoms with van der Waals surface area (Å²) in [5.74, 6) is 0.892. The summed E-state index contributed by atoms with van der Waals surface area (Å²) in [6, 6.07) is 8.41. The van der Waals surface area contributed by atoms with Crippen LogP contribution in [0.1, 0.15) is 5.56 Å². The van der Waals surface area contributed by atoms with E-state index in [4.69, 9.17) is 5.73 Å². The average Bonchev–Trinajstić information content (AvgIpc) is 2.75. The molecule has 16 heavy (non-hydrogen) atoms.